The third-order valence-electron chi connectivity index (χ3n) is 5.69. The first-order chi connectivity index (χ1) is 13.7. The summed E-state index contributed by atoms with van der Waals surface area (Å²) in [6.07, 6.45) is 5.17. The molecule has 1 aliphatic heterocycles. The van der Waals surface area contributed by atoms with Crippen molar-refractivity contribution < 1.29 is 4.74 Å². The van der Waals surface area contributed by atoms with E-state index in [1.54, 1.807) is 0 Å². The molecule has 0 fully saturated rings. The molecular formula is C25H24N2O. The minimum absolute atomic E-state index is 0.136. The highest BCUT2D eigenvalue weighted by Gasteiger charge is 2.37. The van der Waals surface area contributed by atoms with E-state index in [1.165, 1.54) is 11.1 Å². The van der Waals surface area contributed by atoms with E-state index in [2.05, 4.69) is 43.3 Å². The first kappa shape index (κ1) is 18.1. The number of nitrogens with two attached hydrogens (primary N) is 1. The summed E-state index contributed by atoms with van der Waals surface area (Å²) in [7, 11) is 0. The Bertz CT molecular complexity index is 994. The first-order valence-electron chi connectivity index (χ1n) is 9.82. The normalized spacial score (nSPS) is 23.2. The summed E-state index contributed by atoms with van der Waals surface area (Å²) < 4.78 is 6.07. The number of hydrogen-bond acceptors (Lipinski definition) is 3. The Morgan fingerprint density at radius 3 is 2.39 bits per heavy atom. The summed E-state index contributed by atoms with van der Waals surface area (Å²) in [5.74, 6) is 1.48. The van der Waals surface area contributed by atoms with Crippen LogP contribution in [0.2, 0.25) is 0 Å². The van der Waals surface area contributed by atoms with Crippen LogP contribution in [-0.2, 0) is 4.74 Å². The van der Waals surface area contributed by atoms with Gasteiger partial charge in [0.05, 0.1) is 0 Å². The number of benzene rings is 2. The molecule has 0 aromatic heterocycles. The van der Waals surface area contributed by atoms with E-state index in [0.717, 1.165) is 36.1 Å². The molecule has 2 aromatic carbocycles. The van der Waals surface area contributed by atoms with Crippen LogP contribution in [-0.4, -0.2) is 0 Å². The summed E-state index contributed by atoms with van der Waals surface area (Å²) >= 11 is 0. The average molecular weight is 368 g/mol. The van der Waals surface area contributed by atoms with Gasteiger partial charge in [-0.3, -0.25) is 0 Å². The van der Waals surface area contributed by atoms with Gasteiger partial charge in [-0.15, -0.1) is 0 Å². The maximum Gasteiger partial charge on any atom is 0.205 e. The Morgan fingerprint density at radius 1 is 1.07 bits per heavy atom. The fraction of sp³-hybridized carbons (Fsp3) is 0.240. The fourth-order valence-corrected chi connectivity index (χ4v) is 4.24. The minimum Gasteiger partial charge on any atom is -0.440 e. The summed E-state index contributed by atoms with van der Waals surface area (Å²) in [5, 5.41) is 9.80. The van der Waals surface area contributed by atoms with Gasteiger partial charge in [0.15, 0.2) is 0 Å². The average Bonchev–Trinajstić information content (AvgIpc) is 2.74. The predicted octanol–water partition coefficient (Wildman–Crippen LogP) is 5.65. The van der Waals surface area contributed by atoms with Crippen LogP contribution in [0.5, 0.6) is 0 Å². The third kappa shape index (κ3) is 3.34. The van der Waals surface area contributed by atoms with Crippen LogP contribution in [0.25, 0.3) is 6.08 Å². The highest BCUT2D eigenvalue weighted by Crippen LogP contribution is 2.48. The molecule has 0 spiro atoms. The maximum absolute atomic E-state index is 9.80. The zero-order valence-electron chi connectivity index (χ0n) is 16.1. The van der Waals surface area contributed by atoms with Crippen molar-refractivity contribution in [2.75, 3.05) is 0 Å². The number of rotatable bonds is 3. The molecule has 140 valence electrons. The lowest BCUT2D eigenvalue weighted by Crippen LogP contribution is -2.26. The molecule has 2 aromatic rings. The molecule has 2 N–H and O–H groups in total. The molecule has 2 atom stereocenters. The molecule has 0 amide bonds. The zero-order chi connectivity index (χ0) is 19.5. The number of hydrogen-bond donors (Lipinski definition) is 1. The molecule has 0 saturated heterocycles. The third-order valence-corrected chi connectivity index (χ3v) is 5.69. The van der Waals surface area contributed by atoms with E-state index >= 15 is 0 Å². The standard InChI is InChI=1S/C25H24N2O/c1-2-17-13-20(14-18-9-5-3-6-10-18)24-21(15-17)23(19-11-7-4-8-12-19)22(16-26)25(27)28-24/h3-12,14,17,23H,2,13,15,27H2,1H3/b20-14+. The van der Waals surface area contributed by atoms with Gasteiger partial charge in [-0.25, -0.2) is 0 Å². The molecule has 1 aliphatic carbocycles. The van der Waals surface area contributed by atoms with Crippen LogP contribution in [0.1, 0.15) is 43.2 Å². The second kappa shape index (κ2) is 7.78. The Morgan fingerprint density at radius 2 is 1.75 bits per heavy atom. The number of nitriles is 1. The number of allylic oxidation sites excluding steroid dienone is 3. The van der Waals surface area contributed by atoms with Crippen molar-refractivity contribution >= 4 is 6.08 Å². The van der Waals surface area contributed by atoms with Crippen LogP contribution in [0.15, 0.2) is 89.0 Å². The van der Waals surface area contributed by atoms with Crippen molar-refractivity contribution in [3.63, 3.8) is 0 Å². The smallest absolute Gasteiger partial charge is 0.205 e. The number of ether oxygens (including phenoxy) is 1. The molecule has 2 unspecified atom stereocenters. The summed E-state index contributed by atoms with van der Waals surface area (Å²) in [6.45, 7) is 2.23. The molecule has 3 heteroatoms. The lowest BCUT2D eigenvalue weighted by molar-refractivity contribution is 0.265. The van der Waals surface area contributed by atoms with Gasteiger partial charge in [-0.2, -0.15) is 5.26 Å². The van der Waals surface area contributed by atoms with E-state index in [4.69, 9.17) is 10.5 Å². The van der Waals surface area contributed by atoms with E-state index in [0.29, 0.717) is 11.5 Å². The van der Waals surface area contributed by atoms with Crippen molar-refractivity contribution in [3.05, 3.63) is 100 Å². The SMILES string of the molecule is CCC1CC2=C(OC(N)=C(C#N)C2c2ccccc2)/C(=C/c2ccccc2)C1. The first-order valence-corrected chi connectivity index (χ1v) is 9.82. The monoisotopic (exact) mass is 368 g/mol. The predicted molar refractivity (Wildman–Crippen MR) is 112 cm³/mol. The molecule has 3 nitrogen and oxygen atoms in total. The second-order valence-electron chi connectivity index (χ2n) is 7.45. The molecule has 2 aliphatic rings. The maximum atomic E-state index is 9.80. The van der Waals surface area contributed by atoms with Crippen molar-refractivity contribution in [1.82, 2.24) is 0 Å². The van der Waals surface area contributed by atoms with Crippen LogP contribution >= 0.6 is 0 Å². The van der Waals surface area contributed by atoms with Gasteiger partial charge in [0.25, 0.3) is 0 Å². The van der Waals surface area contributed by atoms with E-state index < -0.39 is 0 Å². The second-order valence-corrected chi connectivity index (χ2v) is 7.45. The summed E-state index contributed by atoms with van der Waals surface area (Å²) in [4.78, 5) is 0. The van der Waals surface area contributed by atoms with Crippen molar-refractivity contribution in [2.24, 2.45) is 11.7 Å². The Balaban J connectivity index is 1.87. The molecule has 0 radical (unpaired) electrons. The topological polar surface area (TPSA) is 59.0 Å². The van der Waals surface area contributed by atoms with E-state index in [9.17, 15) is 5.26 Å². The molecule has 28 heavy (non-hydrogen) atoms. The largest absolute Gasteiger partial charge is 0.440 e. The minimum atomic E-state index is -0.136. The van der Waals surface area contributed by atoms with E-state index in [-0.39, 0.29) is 11.8 Å². The number of nitrogens with zero attached hydrogens (tertiary/aromatic N) is 1. The fourth-order valence-electron chi connectivity index (χ4n) is 4.24. The lowest BCUT2D eigenvalue weighted by atomic mass is 9.73. The van der Waals surface area contributed by atoms with Gasteiger partial charge in [-0.05, 0) is 47.1 Å². The van der Waals surface area contributed by atoms with Gasteiger partial charge in [0.1, 0.15) is 17.4 Å². The highest BCUT2D eigenvalue weighted by atomic mass is 16.5. The van der Waals surface area contributed by atoms with E-state index in [1.807, 2.05) is 36.4 Å². The lowest BCUT2D eigenvalue weighted by Gasteiger charge is -2.36. The summed E-state index contributed by atoms with van der Waals surface area (Å²) in [6, 6.07) is 22.8. The van der Waals surface area contributed by atoms with Gasteiger partial charge in [0, 0.05) is 5.92 Å². The van der Waals surface area contributed by atoms with Crippen LogP contribution in [0.3, 0.4) is 0 Å². The zero-order valence-corrected chi connectivity index (χ0v) is 16.1. The Kier molecular flexibility index (Phi) is 5.04. The van der Waals surface area contributed by atoms with Crippen LogP contribution in [0, 0.1) is 17.2 Å². The van der Waals surface area contributed by atoms with Crippen LogP contribution in [0.4, 0.5) is 0 Å². The molecule has 0 bridgehead atoms. The highest BCUT2D eigenvalue weighted by molar-refractivity contribution is 5.62. The van der Waals surface area contributed by atoms with Gasteiger partial charge >= 0.3 is 0 Å². The summed E-state index contributed by atoms with van der Waals surface area (Å²) in [5.41, 5.74) is 11.3. The molecule has 0 saturated carbocycles. The van der Waals surface area contributed by atoms with Crippen molar-refractivity contribution in [1.29, 1.82) is 5.26 Å². The Hall–Kier alpha value is -3.25. The molecule has 4 rings (SSSR count). The van der Waals surface area contributed by atoms with Gasteiger partial charge in [-0.1, -0.05) is 74.0 Å². The van der Waals surface area contributed by atoms with Crippen molar-refractivity contribution in [2.45, 2.75) is 32.1 Å². The molecule has 1 heterocycles. The quantitative estimate of drug-likeness (QED) is 0.761. The Labute approximate surface area is 166 Å². The van der Waals surface area contributed by atoms with Crippen LogP contribution < -0.4 is 5.73 Å². The van der Waals surface area contributed by atoms with Gasteiger partial charge < -0.3 is 10.5 Å². The van der Waals surface area contributed by atoms with Crippen molar-refractivity contribution in [3.8, 4) is 6.07 Å². The van der Waals surface area contributed by atoms with Gasteiger partial charge in [0.2, 0.25) is 5.88 Å². The molecular weight excluding hydrogens is 344 g/mol.